The van der Waals surface area contributed by atoms with Crippen molar-refractivity contribution in [2.75, 3.05) is 33.4 Å². The number of ether oxygens (including phenoxy) is 1. The molecule has 1 N–H and O–H groups in total. The fourth-order valence-electron chi connectivity index (χ4n) is 4.65. The highest BCUT2D eigenvalue weighted by Gasteiger charge is 2.30. The number of likely N-dealkylation sites (tertiary alicyclic amines) is 1. The predicted molar refractivity (Wildman–Crippen MR) is 148 cm³/mol. The van der Waals surface area contributed by atoms with Crippen LogP contribution in [0.5, 0.6) is 0 Å². The van der Waals surface area contributed by atoms with Gasteiger partial charge in [-0.3, -0.25) is 9.19 Å². The van der Waals surface area contributed by atoms with Crippen LogP contribution in [0.25, 0.3) is 0 Å². The molecular weight excluding hydrogens is 456 g/mol. The Balaban J connectivity index is 1.45. The van der Waals surface area contributed by atoms with Gasteiger partial charge in [-0.25, -0.2) is 0 Å². The number of aromatic nitrogens is 1. The van der Waals surface area contributed by atoms with Crippen molar-refractivity contribution in [1.29, 1.82) is 0 Å². The summed E-state index contributed by atoms with van der Waals surface area (Å²) in [6, 6.07) is 4.50. The Morgan fingerprint density at radius 2 is 1.97 bits per heavy atom. The van der Waals surface area contributed by atoms with Crippen LogP contribution in [0.2, 0.25) is 0 Å². The standard InChI is InChI=1S/C28H42N4O2S/c1-6-16-31(4)24(3)9-7-8-23(2)29-21-25-10-11-28(22-30-25)35(5,33)27-12-17-32(18-13-27)26-14-19-34-20-15-26/h6-7,9-11,16,22,26-27,29H,2-3,5,8,12-15,17-21H2,1,4H3/b9-7-,16-6-. The van der Waals surface area contributed by atoms with Crippen molar-refractivity contribution in [2.24, 2.45) is 0 Å². The Hall–Kier alpha value is -2.35. The summed E-state index contributed by atoms with van der Waals surface area (Å²) < 4.78 is 19.1. The Morgan fingerprint density at radius 1 is 1.26 bits per heavy atom. The maximum Gasteiger partial charge on any atom is 0.0595 e. The summed E-state index contributed by atoms with van der Waals surface area (Å²) in [5.41, 5.74) is 2.71. The van der Waals surface area contributed by atoms with Gasteiger partial charge in [0.2, 0.25) is 0 Å². The van der Waals surface area contributed by atoms with Gasteiger partial charge in [-0.05, 0) is 76.0 Å². The monoisotopic (exact) mass is 498 g/mol. The number of nitrogens with zero attached hydrogens (tertiary/aromatic N) is 3. The van der Waals surface area contributed by atoms with Crippen molar-refractivity contribution in [3.05, 3.63) is 73.0 Å². The first-order valence-electron chi connectivity index (χ1n) is 12.6. The number of hydrogen-bond acceptors (Lipinski definition) is 6. The molecule has 7 heteroatoms. The second kappa shape index (κ2) is 13.1. The summed E-state index contributed by atoms with van der Waals surface area (Å²) >= 11 is 0. The summed E-state index contributed by atoms with van der Waals surface area (Å²) in [4.78, 5) is 9.84. The van der Waals surface area contributed by atoms with Crippen LogP contribution in [0.15, 0.2) is 72.2 Å². The third kappa shape index (κ3) is 7.82. The quantitative estimate of drug-likeness (QED) is 0.362. The maximum absolute atomic E-state index is 13.6. The minimum Gasteiger partial charge on any atom is -0.383 e. The van der Waals surface area contributed by atoms with E-state index in [4.69, 9.17) is 4.74 Å². The van der Waals surface area contributed by atoms with Gasteiger partial charge >= 0.3 is 0 Å². The van der Waals surface area contributed by atoms with Crippen LogP contribution < -0.4 is 5.32 Å². The zero-order chi connectivity index (χ0) is 25.3. The molecule has 1 aromatic rings. The first-order valence-corrected chi connectivity index (χ1v) is 14.4. The normalized spacial score (nSPS) is 20.2. The van der Waals surface area contributed by atoms with E-state index >= 15 is 0 Å². The third-order valence-corrected chi connectivity index (χ3v) is 9.53. The second-order valence-electron chi connectivity index (χ2n) is 9.44. The fraction of sp³-hybridized carbons (Fsp3) is 0.500. The molecule has 3 heterocycles. The van der Waals surface area contributed by atoms with Gasteiger partial charge < -0.3 is 19.9 Å². The SMILES string of the molecule is C=C(C/C=C\C(=C)N(C)/C=C\C)NCc1ccc(S(=C)(=O)C2CCN(C3CCOCC3)CC2)cn1. The zero-order valence-corrected chi connectivity index (χ0v) is 22.3. The van der Waals surface area contributed by atoms with Crippen LogP contribution in [-0.4, -0.2) is 69.5 Å². The van der Waals surface area contributed by atoms with Crippen molar-refractivity contribution in [3.63, 3.8) is 0 Å². The van der Waals surface area contributed by atoms with E-state index in [1.165, 1.54) is 0 Å². The molecule has 1 unspecified atom stereocenters. The van der Waals surface area contributed by atoms with Crippen molar-refractivity contribution >= 4 is 15.4 Å². The average Bonchev–Trinajstić information content (AvgIpc) is 2.88. The fourth-order valence-corrected chi connectivity index (χ4v) is 6.53. The average molecular weight is 499 g/mol. The lowest BCUT2D eigenvalue weighted by Crippen LogP contribution is -2.46. The smallest absolute Gasteiger partial charge is 0.0595 e. The molecule has 0 amide bonds. The minimum atomic E-state index is -2.37. The van der Waals surface area contributed by atoms with E-state index in [1.807, 2.05) is 55.4 Å². The zero-order valence-electron chi connectivity index (χ0n) is 21.5. The number of pyridine rings is 1. The Labute approximate surface area is 212 Å². The predicted octanol–water partition coefficient (Wildman–Crippen LogP) is 4.33. The van der Waals surface area contributed by atoms with Crippen molar-refractivity contribution in [1.82, 2.24) is 20.1 Å². The third-order valence-electron chi connectivity index (χ3n) is 6.94. The summed E-state index contributed by atoms with van der Waals surface area (Å²) in [6.45, 7) is 14.4. The van der Waals surface area contributed by atoms with E-state index in [1.54, 1.807) is 6.20 Å². The highest BCUT2D eigenvalue weighted by atomic mass is 32.2. The number of hydrogen-bond donors (Lipinski definition) is 1. The van der Waals surface area contributed by atoms with Crippen molar-refractivity contribution < 1.29 is 8.95 Å². The largest absolute Gasteiger partial charge is 0.383 e. The molecule has 0 bridgehead atoms. The van der Waals surface area contributed by atoms with Crippen LogP contribution in [0.1, 0.15) is 44.7 Å². The Bertz CT molecular complexity index is 1000. The first-order chi connectivity index (χ1) is 16.8. The van der Waals surface area contributed by atoms with E-state index < -0.39 is 9.52 Å². The highest BCUT2D eigenvalue weighted by Crippen LogP contribution is 2.27. The molecule has 0 saturated carbocycles. The lowest BCUT2D eigenvalue weighted by Gasteiger charge is -2.39. The summed E-state index contributed by atoms with van der Waals surface area (Å²) in [7, 11) is -0.406. The lowest BCUT2D eigenvalue weighted by molar-refractivity contribution is 0.0278. The van der Waals surface area contributed by atoms with Crippen LogP contribution in [0.3, 0.4) is 0 Å². The molecule has 3 rings (SSSR count). The maximum atomic E-state index is 13.6. The molecular formula is C28H42N4O2S. The number of nitrogens with one attached hydrogen (secondary N) is 1. The molecule has 2 aliphatic heterocycles. The molecule has 0 aliphatic carbocycles. The summed E-state index contributed by atoms with van der Waals surface area (Å²) in [5, 5.41) is 3.43. The van der Waals surface area contributed by atoms with Gasteiger partial charge in [0.05, 0.1) is 12.2 Å². The summed E-state index contributed by atoms with van der Waals surface area (Å²) in [6.07, 6.45) is 14.5. The topological polar surface area (TPSA) is 57.7 Å². The molecule has 0 spiro atoms. The molecule has 6 nitrogen and oxygen atoms in total. The van der Waals surface area contributed by atoms with Gasteiger partial charge in [0.25, 0.3) is 0 Å². The van der Waals surface area contributed by atoms with Gasteiger partial charge in [-0.15, -0.1) is 0 Å². The van der Waals surface area contributed by atoms with E-state index in [0.717, 1.165) is 74.0 Å². The molecule has 2 saturated heterocycles. The Morgan fingerprint density at radius 3 is 2.60 bits per heavy atom. The highest BCUT2D eigenvalue weighted by molar-refractivity contribution is 8.00. The van der Waals surface area contributed by atoms with Gasteiger partial charge in [0, 0.05) is 70.0 Å². The first kappa shape index (κ1) is 27.2. The van der Waals surface area contributed by atoms with E-state index in [2.05, 4.69) is 34.2 Å². The van der Waals surface area contributed by atoms with Crippen LogP contribution in [0.4, 0.5) is 0 Å². The van der Waals surface area contributed by atoms with Gasteiger partial charge in [-0.1, -0.05) is 25.3 Å². The van der Waals surface area contributed by atoms with Gasteiger partial charge in [-0.2, -0.15) is 0 Å². The number of likely N-dealkylation sites (N-methyl/N-ethyl adjacent to an activating group) is 1. The number of piperidine rings is 1. The lowest BCUT2D eigenvalue weighted by atomic mass is 10.0. The Kier molecular flexibility index (Phi) is 10.2. The second-order valence-corrected chi connectivity index (χ2v) is 12.0. The molecule has 1 atom stereocenters. The van der Waals surface area contributed by atoms with E-state index in [-0.39, 0.29) is 5.25 Å². The van der Waals surface area contributed by atoms with E-state index in [0.29, 0.717) is 19.0 Å². The van der Waals surface area contributed by atoms with Crippen LogP contribution in [0, 0.1) is 0 Å². The van der Waals surface area contributed by atoms with Crippen molar-refractivity contribution in [2.45, 2.75) is 61.8 Å². The van der Waals surface area contributed by atoms with Gasteiger partial charge in [0.15, 0.2) is 0 Å². The van der Waals surface area contributed by atoms with Crippen LogP contribution in [-0.2, 0) is 20.8 Å². The van der Waals surface area contributed by atoms with Crippen molar-refractivity contribution in [3.8, 4) is 0 Å². The molecule has 192 valence electrons. The minimum absolute atomic E-state index is 0.109. The molecule has 2 aliphatic rings. The molecule has 2 fully saturated rings. The molecule has 1 aromatic heterocycles. The molecule has 0 aromatic carbocycles. The number of allylic oxidation sites excluding steroid dienone is 3. The molecule has 35 heavy (non-hydrogen) atoms. The van der Waals surface area contributed by atoms with Crippen LogP contribution >= 0.6 is 0 Å². The van der Waals surface area contributed by atoms with E-state index in [9.17, 15) is 4.21 Å². The number of rotatable bonds is 11. The summed E-state index contributed by atoms with van der Waals surface area (Å²) in [5.74, 6) is 4.17. The molecule has 0 radical (unpaired) electrons. The van der Waals surface area contributed by atoms with Gasteiger partial charge in [0.1, 0.15) is 0 Å².